The van der Waals surface area contributed by atoms with Gasteiger partial charge in [-0.25, -0.2) is 9.78 Å². The normalized spacial score (nSPS) is 10.3. The Balaban J connectivity index is 2.01. The first kappa shape index (κ1) is 20.5. The molecule has 3 rings (SSSR count). The monoisotopic (exact) mass is 407 g/mol. The zero-order valence-corrected chi connectivity index (χ0v) is 15.9. The number of phenolic OH excluding ortho intramolecular Hbond substituents is 1. The quantitative estimate of drug-likeness (QED) is 0.261. The molecule has 0 radical (unpaired) electrons. The van der Waals surface area contributed by atoms with Crippen molar-refractivity contribution in [1.29, 1.82) is 0 Å². The number of hydrogen-bond acceptors (Lipinski definition) is 8. The number of nitro benzene ring substituents is 1. The minimum atomic E-state index is -0.718. The van der Waals surface area contributed by atoms with Crippen LogP contribution in [0.15, 0.2) is 60.8 Å². The summed E-state index contributed by atoms with van der Waals surface area (Å²) >= 11 is 0. The van der Waals surface area contributed by atoms with Gasteiger partial charge in [-0.3, -0.25) is 14.9 Å². The first-order chi connectivity index (χ1) is 14.4. The molecule has 0 aliphatic rings. The highest BCUT2D eigenvalue weighted by Gasteiger charge is 2.20. The zero-order valence-electron chi connectivity index (χ0n) is 15.9. The number of esters is 1. The highest BCUT2D eigenvalue weighted by Crippen LogP contribution is 2.26. The lowest BCUT2D eigenvalue weighted by Crippen LogP contribution is -2.12. The molecule has 2 N–H and O–H groups in total. The summed E-state index contributed by atoms with van der Waals surface area (Å²) in [7, 11) is 0. The molecule has 0 unspecified atom stereocenters. The fraction of sp³-hybridized carbons (Fsp3) is 0.0952. The number of hydrogen-bond donors (Lipinski definition) is 2. The van der Waals surface area contributed by atoms with E-state index in [0.717, 1.165) is 0 Å². The Kier molecular flexibility index (Phi) is 6.02. The fourth-order valence-electron chi connectivity index (χ4n) is 2.71. The van der Waals surface area contributed by atoms with Crippen molar-refractivity contribution in [2.24, 2.45) is 0 Å². The van der Waals surface area contributed by atoms with E-state index in [9.17, 15) is 24.8 Å². The van der Waals surface area contributed by atoms with Crippen LogP contribution in [0.5, 0.6) is 5.75 Å². The second-order valence-corrected chi connectivity index (χ2v) is 6.12. The van der Waals surface area contributed by atoms with E-state index >= 15 is 0 Å². The van der Waals surface area contributed by atoms with Crippen LogP contribution in [0.4, 0.5) is 17.2 Å². The van der Waals surface area contributed by atoms with Crippen molar-refractivity contribution in [2.45, 2.75) is 6.92 Å². The largest absolute Gasteiger partial charge is 0.507 e. The Labute approximate surface area is 171 Å². The number of ketones is 1. The summed E-state index contributed by atoms with van der Waals surface area (Å²) in [6.07, 6.45) is 1.25. The van der Waals surface area contributed by atoms with Crippen molar-refractivity contribution < 1.29 is 24.4 Å². The number of non-ortho nitro benzene ring substituents is 1. The summed E-state index contributed by atoms with van der Waals surface area (Å²) in [4.78, 5) is 39.8. The molecule has 9 nitrogen and oxygen atoms in total. The summed E-state index contributed by atoms with van der Waals surface area (Å²) < 4.78 is 5.04. The van der Waals surface area contributed by atoms with Gasteiger partial charge >= 0.3 is 5.97 Å². The second kappa shape index (κ2) is 8.82. The van der Waals surface area contributed by atoms with Crippen LogP contribution in [0, 0.1) is 10.1 Å². The van der Waals surface area contributed by atoms with Crippen molar-refractivity contribution in [3.63, 3.8) is 0 Å². The van der Waals surface area contributed by atoms with Gasteiger partial charge in [-0.1, -0.05) is 18.2 Å². The van der Waals surface area contributed by atoms with Gasteiger partial charge in [-0.05, 0) is 31.2 Å². The van der Waals surface area contributed by atoms with Gasteiger partial charge in [0.15, 0.2) is 5.78 Å². The molecule has 30 heavy (non-hydrogen) atoms. The zero-order chi connectivity index (χ0) is 21.7. The predicted octanol–water partition coefficient (Wildman–Crippen LogP) is 3.85. The van der Waals surface area contributed by atoms with Gasteiger partial charge in [-0.15, -0.1) is 0 Å². The number of aromatic hydroxyl groups is 1. The molecule has 152 valence electrons. The molecule has 3 aromatic rings. The lowest BCUT2D eigenvalue weighted by atomic mass is 10.0. The third-order valence-corrected chi connectivity index (χ3v) is 4.11. The number of para-hydroxylation sites is 1. The molecule has 0 bridgehead atoms. The van der Waals surface area contributed by atoms with Crippen LogP contribution in [0.1, 0.15) is 33.2 Å². The van der Waals surface area contributed by atoms with E-state index in [1.807, 2.05) is 0 Å². The SMILES string of the molecule is CCOC(=O)c1cc(C(=O)c2ccccc2O)cnc1Nc1cccc([N+](=O)[O-])c1. The highest BCUT2D eigenvalue weighted by atomic mass is 16.6. The van der Waals surface area contributed by atoms with Crippen LogP contribution in [-0.4, -0.2) is 33.4 Å². The van der Waals surface area contributed by atoms with Crippen LogP contribution in [0.2, 0.25) is 0 Å². The van der Waals surface area contributed by atoms with E-state index in [-0.39, 0.29) is 40.6 Å². The smallest absolute Gasteiger partial charge is 0.341 e. The minimum Gasteiger partial charge on any atom is -0.507 e. The number of carbonyl (C=O) groups excluding carboxylic acids is 2. The lowest BCUT2D eigenvalue weighted by molar-refractivity contribution is -0.384. The van der Waals surface area contributed by atoms with Crippen LogP contribution < -0.4 is 5.32 Å². The number of nitrogens with one attached hydrogen (secondary N) is 1. The van der Waals surface area contributed by atoms with E-state index in [1.165, 1.54) is 42.6 Å². The average molecular weight is 407 g/mol. The number of rotatable bonds is 7. The molecule has 9 heteroatoms. The van der Waals surface area contributed by atoms with E-state index in [1.54, 1.807) is 25.1 Å². The maximum absolute atomic E-state index is 12.7. The van der Waals surface area contributed by atoms with Crippen molar-refractivity contribution >= 4 is 28.9 Å². The van der Waals surface area contributed by atoms with Crippen LogP contribution >= 0.6 is 0 Å². The first-order valence-corrected chi connectivity index (χ1v) is 8.92. The topological polar surface area (TPSA) is 132 Å². The Morgan fingerprint density at radius 1 is 1.13 bits per heavy atom. The highest BCUT2D eigenvalue weighted by molar-refractivity contribution is 6.11. The molecule has 2 aromatic carbocycles. The third-order valence-electron chi connectivity index (χ3n) is 4.11. The molecule has 0 fully saturated rings. The molecule has 0 spiro atoms. The van der Waals surface area contributed by atoms with E-state index in [2.05, 4.69) is 10.3 Å². The van der Waals surface area contributed by atoms with Crippen molar-refractivity contribution in [3.05, 3.63) is 87.6 Å². The van der Waals surface area contributed by atoms with Crippen molar-refractivity contribution in [3.8, 4) is 5.75 Å². The molecule has 0 saturated heterocycles. The maximum atomic E-state index is 12.7. The van der Waals surface area contributed by atoms with Gasteiger partial charge in [0.2, 0.25) is 0 Å². The number of anilines is 2. The maximum Gasteiger partial charge on any atom is 0.341 e. The standard InChI is InChI=1S/C21H17N3O6/c1-2-30-21(27)17-10-13(19(26)16-8-3-4-9-18(16)25)12-22-20(17)23-14-6-5-7-15(11-14)24(28)29/h3-12,25H,2H2,1H3,(H,22,23). The van der Waals surface area contributed by atoms with E-state index < -0.39 is 16.7 Å². The summed E-state index contributed by atoms with van der Waals surface area (Å²) in [6, 6.07) is 13.0. The van der Waals surface area contributed by atoms with Crippen LogP contribution in [0.3, 0.4) is 0 Å². The molecular weight excluding hydrogens is 390 g/mol. The molecule has 0 saturated carbocycles. The fourth-order valence-corrected chi connectivity index (χ4v) is 2.71. The van der Waals surface area contributed by atoms with Crippen molar-refractivity contribution in [1.82, 2.24) is 4.98 Å². The molecule has 0 amide bonds. The second-order valence-electron chi connectivity index (χ2n) is 6.12. The van der Waals surface area contributed by atoms with E-state index in [4.69, 9.17) is 4.74 Å². The van der Waals surface area contributed by atoms with E-state index in [0.29, 0.717) is 5.69 Å². The third kappa shape index (κ3) is 4.41. The number of carbonyl (C=O) groups is 2. The molecule has 1 heterocycles. The Bertz CT molecular complexity index is 1130. The van der Waals surface area contributed by atoms with Gasteiger partial charge in [0, 0.05) is 29.6 Å². The summed E-state index contributed by atoms with van der Waals surface area (Å²) in [5.41, 5.74) is 0.313. The number of nitrogens with zero attached hydrogens (tertiary/aromatic N) is 2. The number of nitro groups is 1. The van der Waals surface area contributed by atoms with Gasteiger partial charge in [0.25, 0.3) is 5.69 Å². The van der Waals surface area contributed by atoms with Gasteiger partial charge in [0.1, 0.15) is 17.1 Å². The number of benzene rings is 2. The molecular formula is C21H17N3O6. The summed E-state index contributed by atoms with van der Waals surface area (Å²) in [5, 5.41) is 23.8. The number of ether oxygens (including phenoxy) is 1. The van der Waals surface area contributed by atoms with Gasteiger partial charge in [-0.2, -0.15) is 0 Å². The first-order valence-electron chi connectivity index (χ1n) is 8.92. The van der Waals surface area contributed by atoms with Crippen LogP contribution in [0.25, 0.3) is 0 Å². The molecule has 1 aromatic heterocycles. The van der Waals surface area contributed by atoms with Crippen molar-refractivity contribution in [2.75, 3.05) is 11.9 Å². The Morgan fingerprint density at radius 2 is 1.90 bits per heavy atom. The number of phenols is 1. The number of aromatic nitrogens is 1. The molecule has 0 aliphatic carbocycles. The summed E-state index contributed by atoms with van der Waals surface area (Å²) in [5.74, 6) is -1.36. The Morgan fingerprint density at radius 3 is 2.60 bits per heavy atom. The van der Waals surface area contributed by atoms with Crippen LogP contribution in [-0.2, 0) is 4.74 Å². The summed E-state index contributed by atoms with van der Waals surface area (Å²) in [6.45, 7) is 1.74. The molecule has 0 atom stereocenters. The predicted molar refractivity (Wildman–Crippen MR) is 108 cm³/mol. The minimum absolute atomic E-state index is 0.0235. The van der Waals surface area contributed by atoms with Gasteiger partial charge in [0.05, 0.1) is 17.1 Å². The number of pyridine rings is 1. The average Bonchev–Trinajstić information content (AvgIpc) is 2.74. The molecule has 0 aliphatic heterocycles. The lowest BCUT2D eigenvalue weighted by Gasteiger charge is -2.12. The van der Waals surface area contributed by atoms with Gasteiger partial charge < -0.3 is 15.2 Å². The Hall–Kier alpha value is -4.27.